The van der Waals surface area contributed by atoms with E-state index in [-0.39, 0.29) is 106 Å². The van der Waals surface area contributed by atoms with E-state index in [0.717, 1.165) is 0 Å². The molecule has 0 saturated carbocycles. The van der Waals surface area contributed by atoms with Gasteiger partial charge in [-0.3, -0.25) is 0 Å². The summed E-state index contributed by atoms with van der Waals surface area (Å²) in [6, 6.07) is 0. The molecule has 0 aromatic carbocycles. The zero-order valence-corrected chi connectivity index (χ0v) is 15.2. The van der Waals surface area contributed by atoms with Crippen molar-refractivity contribution >= 4 is 106 Å². The van der Waals surface area contributed by atoms with Crippen molar-refractivity contribution in [3.63, 3.8) is 0 Å². The summed E-state index contributed by atoms with van der Waals surface area (Å²) in [5, 5.41) is 0. The van der Waals surface area contributed by atoms with Crippen molar-refractivity contribution in [2.24, 2.45) is 0 Å². The van der Waals surface area contributed by atoms with Crippen molar-refractivity contribution in [2.45, 2.75) is 0 Å². The van der Waals surface area contributed by atoms with Gasteiger partial charge in [0.25, 0.3) is 0 Å². The fourth-order valence-corrected chi connectivity index (χ4v) is 0. The molecule has 0 aliphatic rings. The van der Waals surface area contributed by atoms with E-state index in [1.807, 2.05) is 0 Å². The van der Waals surface area contributed by atoms with E-state index in [2.05, 4.69) is 0 Å². The average Bonchev–Trinajstić information content (AvgIpc) is 0. The predicted molar refractivity (Wildman–Crippen MR) is 31.4 cm³/mol. The van der Waals surface area contributed by atoms with Gasteiger partial charge in [-0.05, 0) is 0 Å². The van der Waals surface area contributed by atoms with Crippen LogP contribution in [0.5, 0.6) is 0 Å². The summed E-state index contributed by atoms with van der Waals surface area (Å²) in [5.74, 6) is 0. The summed E-state index contributed by atoms with van der Waals surface area (Å²) in [4.78, 5) is 0. The molecule has 0 amide bonds. The molecule has 0 N–H and O–H groups in total. The monoisotopic (exact) mass is 742 g/mol. The molecule has 0 aromatic heterocycles. The summed E-state index contributed by atoms with van der Waals surface area (Å²) in [6.45, 7) is 0. The van der Waals surface area contributed by atoms with E-state index in [9.17, 15) is 0 Å². The molecule has 0 nitrogen and oxygen atoms in total. The molecule has 0 aliphatic heterocycles. The maximum Gasteiger partial charge on any atom is 1.00 e. The molecular weight excluding hydrogens is 735 g/mol. The van der Waals surface area contributed by atoms with Gasteiger partial charge in [0, 0.05) is 0 Å². The molecule has 0 aliphatic carbocycles. The van der Waals surface area contributed by atoms with E-state index in [1.165, 1.54) is 0 Å². The van der Waals surface area contributed by atoms with Crippen LogP contribution in [0.1, 0.15) is 0 Å². The van der Waals surface area contributed by atoms with Gasteiger partial charge in [-0.15, -0.1) is 0 Å². The van der Waals surface area contributed by atoms with Crippen LogP contribution in [0.3, 0.4) is 0 Å². The minimum absolute atomic E-state index is 0. The molecule has 4 heteroatoms. The summed E-state index contributed by atoms with van der Waals surface area (Å²) in [6.07, 6.45) is 0. The molecule has 0 fully saturated rings. The molecule has 0 atom stereocenters. The third-order valence-electron chi connectivity index (χ3n) is 0. The molecule has 0 heterocycles. The maximum absolute atomic E-state index is 0. The van der Waals surface area contributed by atoms with Crippen molar-refractivity contribution in [2.75, 3.05) is 0 Å². The first-order valence-corrected chi connectivity index (χ1v) is 0. The quantitative estimate of drug-likeness (QED) is 0.231. The Kier molecular flexibility index (Phi) is 102. The van der Waals surface area contributed by atoms with Crippen LogP contribution in [0.4, 0.5) is 0 Å². The van der Waals surface area contributed by atoms with Gasteiger partial charge in [-0.25, -0.2) is 0 Å². The topological polar surface area (TPSA) is 0 Å². The van der Waals surface area contributed by atoms with Crippen LogP contribution < -0.4 is 0 Å². The third-order valence-corrected chi connectivity index (χ3v) is 0. The van der Waals surface area contributed by atoms with Crippen LogP contribution in [0.25, 0.3) is 0 Å². The van der Waals surface area contributed by atoms with Gasteiger partial charge in [-0.2, -0.15) is 0 Å². The second-order valence-corrected chi connectivity index (χ2v) is 0. The minimum atomic E-state index is 0. The molecule has 0 saturated heterocycles. The smallest absolute Gasteiger partial charge is 1.00 e. The Morgan fingerprint density at radius 2 is 0.500 bits per heavy atom. The molecule has 0 aromatic rings. The third kappa shape index (κ3) is 9.14. The van der Waals surface area contributed by atoms with Crippen LogP contribution in [0.2, 0.25) is 0 Å². The zero-order valence-electron chi connectivity index (χ0n) is 1.73. The number of rotatable bonds is 0. The van der Waals surface area contributed by atoms with Crippen molar-refractivity contribution in [3.8, 4) is 0 Å². The summed E-state index contributed by atoms with van der Waals surface area (Å²) < 4.78 is 0. The van der Waals surface area contributed by atoms with Crippen molar-refractivity contribution in [3.05, 3.63) is 0 Å². The van der Waals surface area contributed by atoms with Gasteiger partial charge in [0.2, 0.25) is 0 Å². The molecule has 0 unspecified atom stereocenters. The van der Waals surface area contributed by atoms with Gasteiger partial charge in [-0.1, -0.05) is 0 Å². The zero-order chi connectivity index (χ0) is 0. The standard InChI is InChI=1S/Sb.3Tl.6H/q-3;3*+1;;;;;;. The molecule has 0 rings (SSSR count). The molecule has 0 bridgehead atoms. The second kappa shape index (κ2) is 16.0. The Balaban J connectivity index is 0. The van der Waals surface area contributed by atoms with Crippen molar-refractivity contribution in [1.29, 1.82) is 0 Å². The van der Waals surface area contributed by atoms with E-state index in [1.54, 1.807) is 0 Å². The van der Waals surface area contributed by atoms with Gasteiger partial charge < -0.3 is 0 Å². The normalized spacial score (nSPS) is 0. The van der Waals surface area contributed by atoms with Crippen LogP contribution in [-0.2, 0) is 0 Å². The number of hydrogen-bond donors (Lipinski definition) is 0. The fourth-order valence-electron chi connectivity index (χ4n) is 0. The summed E-state index contributed by atoms with van der Waals surface area (Å²) in [5.41, 5.74) is 0. The van der Waals surface area contributed by atoms with Gasteiger partial charge in [0.15, 0.2) is 0 Å². The first kappa shape index (κ1) is 25.6. The fraction of sp³-hybridized carbons (Fsp3) is 0. The van der Waals surface area contributed by atoms with Gasteiger partial charge in [0.1, 0.15) is 0 Å². The molecule has 0 spiro atoms. The Morgan fingerprint density at radius 3 is 0.500 bits per heavy atom. The Bertz CT molecular complexity index is 3.25. The van der Waals surface area contributed by atoms with Crippen molar-refractivity contribution in [1.82, 2.24) is 0 Å². The van der Waals surface area contributed by atoms with E-state index >= 15 is 0 Å². The Morgan fingerprint density at radius 1 is 0.500 bits per heavy atom. The predicted octanol–water partition coefficient (Wildman–Crippen LogP) is -3.13. The van der Waals surface area contributed by atoms with E-state index < -0.39 is 0 Å². The minimum Gasteiger partial charge on any atom is 1.00 e. The Hall–Kier alpha value is 3.58. The maximum atomic E-state index is 0. The van der Waals surface area contributed by atoms with Crippen LogP contribution >= 0.6 is 0 Å². The Labute approximate surface area is 104 Å². The van der Waals surface area contributed by atoms with E-state index in [4.69, 9.17) is 0 Å². The SMILES string of the molecule is [SbH6-3].[Tl+].[Tl+].[Tl+]. The van der Waals surface area contributed by atoms with Gasteiger partial charge in [0.05, 0.1) is 0 Å². The first-order valence-electron chi connectivity index (χ1n) is 0. The summed E-state index contributed by atoms with van der Waals surface area (Å²) in [7, 11) is 0. The van der Waals surface area contributed by atoms with Crippen LogP contribution in [0.15, 0.2) is 0 Å². The molecular formula is H6SbTl3. The summed E-state index contributed by atoms with van der Waals surface area (Å²) >= 11 is 0. The van der Waals surface area contributed by atoms with E-state index in [0.29, 0.717) is 0 Å². The van der Waals surface area contributed by atoms with Crippen molar-refractivity contribution < 1.29 is 0 Å². The average molecular weight is 741 g/mol. The molecule has 20 valence electrons. The van der Waals surface area contributed by atoms with Gasteiger partial charge >= 0.3 is 106 Å². The first-order chi connectivity index (χ1) is 0. The second-order valence-electron chi connectivity index (χ2n) is 0. The molecule has 0 radical (unpaired) electrons. The number of hydrogen-bond acceptors (Lipinski definition) is 0. The van der Waals surface area contributed by atoms with Crippen LogP contribution in [-0.4, -0.2) is 106 Å². The molecule has 4 heavy (non-hydrogen) atoms. The van der Waals surface area contributed by atoms with Crippen LogP contribution in [0, 0.1) is 0 Å². The largest absolute Gasteiger partial charge is 1.00 e.